The van der Waals surface area contributed by atoms with Gasteiger partial charge in [0.05, 0.1) is 16.6 Å². The second-order valence-corrected chi connectivity index (χ2v) is 6.10. The number of nitrogens with zero attached hydrogens (tertiary/aromatic N) is 1. The maximum absolute atomic E-state index is 10.4. The fourth-order valence-corrected chi connectivity index (χ4v) is 3.59. The van der Waals surface area contributed by atoms with Crippen LogP contribution in [0.3, 0.4) is 0 Å². The van der Waals surface area contributed by atoms with E-state index in [4.69, 9.17) is 0 Å². The molecule has 4 heteroatoms. The first kappa shape index (κ1) is 12.1. The third-order valence-corrected chi connectivity index (χ3v) is 4.78. The predicted molar refractivity (Wildman–Crippen MR) is 74.9 cm³/mol. The number of H-pyrrole nitrogens is 1. The first-order chi connectivity index (χ1) is 8.75. The molecular formula is C14H18N2OS. The summed E-state index contributed by atoms with van der Waals surface area (Å²) in [5.41, 5.74) is 1.58. The van der Waals surface area contributed by atoms with Gasteiger partial charge in [0.25, 0.3) is 0 Å². The lowest BCUT2D eigenvalue weighted by molar-refractivity contribution is 0.0272. The van der Waals surface area contributed by atoms with Crippen LogP contribution in [0.15, 0.2) is 29.4 Å². The highest BCUT2D eigenvalue weighted by atomic mass is 32.2. The van der Waals surface area contributed by atoms with Gasteiger partial charge in [-0.15, -0.1) is 0 Å². The molecule has 0 unspecified atom stereocenters. The number of rotatable bonds is 3. The summed E-state index contributed by atoms with van der Waals surface area (Å²) in [6, 6.07) is 8.03. The minimum absolute atomic E-state index is 0.484. The number of hydrogen-bond acceptors (Lipinski definition) is 3. The Bertz CT molecular complexity index is 498. The normalized spacial score (nSPS) is 19.2. The van der Waals surface area contributed by atoms with Crippen LogP contribution in [-0.2, 0) is 0 Å². The Morgan fingerprint density at radius 2 is 2.00 bits per heavy atom. The molecule has 1 aliphatic rings. The first-order valence-electron chi connectivity index (χ1n) is 6.55. The third-order valence-electron chi connectivity index (χ3n) is 3.63. The third kappa shape index (κ3) is 2.54. The molecule has 0 aliphatic heterocycles. The Balaban J connectivity index is 1.69. The van der Waals surface area contributed by atoms with Crippen molar-refractivity contribution in [3.8, 4) is 0 Å². The minimum Gasteiger partial charge on any atom is -0.389 e. The standard InChI is InChI=1S/C14H18N2OS/c17-14(8-4-1-5-9-14)10-18-13-15-11-6-2-3-7-12(11)16-13/h2-3,6-7,17H,1,4-5,8-10H2,(H,15,16). The van der Waals surface area contributed by atoms with Gasteiger partial charge >= 0.3 is 0 Å². The molecule has 0 spiro atoms. The summed E-state index contributed by atoms with van der Waals surface area (Å²) < 4.78 is 0. The van der Waals surface area contributed by atoms with E-state index >= 15 is 0 Å². The molecule has 96 valence electrons. The van der Waals surface area contributed by atoms with Crippen LogP contribution in [0.1, 0.15) is 32.1 Å². The number of thioether (sulfide) groups is 1. The molecule has 1 aliphatic carbocycles. The Hall–Kier alpha value is -1.00. The van der Waals surface area contributed by atoms with Crippen molar-refractivity contribution in [2.24, 2.45) is 0 Å². The zero-order valence-corrected chi connectivity index (χ0v) is 11.2. The van der Waals surface area contributed by atoms with Crippen molar-refractivity contribution >= 4 is 22.8 Å². The van der Waals surface area contributed by atoms with Crippen LogP contribution < -0.4 is 0 Å². The van der Waals surface area contributed by atoms with E-state index in [0.717, 1.165) is 47.6 Å². The lowest BCUT2D eigenvalue weighted by Crippen LogP contribution is -2.34. The van der Waals surface area contributed by atoms with Gasteiger partial charge in [-0.25, -0.2) is 4.98 Å². The van der Waals surface area contributed by atoms with Crippen molar-refractivity contribution in [3.05, 3.63) is 24.3 Å². The van der Waals surface area contributed by atoms with E-state index in [0.29, 0.717) is 0 Å². The van der Waals surface area contributed by atoms with Crippen LogP contribution in [0.2, 0.25) is 0 Å². The van der Waals surface area contributed by atoms with Crippen LogP contribution in [0.4, 0.5) is 0 Å². The molecule has 2 N–H and O–H groups in total. The van der Waals surface area contributed by atoms with Crippen molar-refractivity contribution in [3.63, 3.8) is 0 Å². The zero-order chi connectivity index (χ0) is 12.4. The van der Waals surface area contributed by atoms with E-state index in [1.165, 1.54) is 6.42 Å². The molecule has 0 saturated heterocycles. The van der Waals surface area contributed by atoms with E-state index in [1.54, 1.807) is 11.8 Å². The van der Waals surface area contributed by atoms with Gasteiger partial charge in [-0.05, 0) is 25.0 Å². The van der Waals surface area contributed by atoms with Crippen molar-refractivity contribution < 1.29 is 5.11 Å². The highest BCUT2D eigenvalue weighted by Gasteiger charge is 2.29. The molecular weight excluding hydrogens is 244 g/mol. The van der Waals surface area contributed by atoms with Crippen molar-refractivity contribution in [1.29, 1.82) is 0 Å². The Morgan fingerprint density at radius 3 is 2.78 bits per heavy atom. The fraction of sp³-hybridized carbons (Fsp3) is 0.500. The average Bonchev–Trinajstić information content (AvgIpc) is 2.80. The average molecular weight is 262 g/mol. The number of hydrogen-bond donors (Lipinski definition) is 2. The molecule has 3 rings (SSSR count). The van der Waals surface area contributed by atoms with Crippen LogP contribution in [0.25, 0.3) is 11.0 Å². The summed E-state index contributed by atoms with van der Waals surface area (Å²) in [6.07, 6.45) is 5.42. The molecule has 0 atom stereocenters. The Kier molecular flexibility index (Phi) is 3.31. The number of fused-ring (bicyclic) bond motifs is 1. The number of aromatic nitrogens is 2. The lowest BCUT2D eigenvalue weighted by Gasteiger charge is -2.31. The molecule has 3 nitrogen and oxygen atoms in total. The molecule has 1 heterocycles. The molecule has 18 heavy (non-hydrogen) atoms. The summed E-state index contributed by atoms with van der Waals surface area (Å²) in [5.74, 6) is 0.743. The summed E-state index contributed by atoms with van der Waals surface area (Å²) >= 11 is 1.63. The highest BCUT2D eigenvalue weighted by molar-refractivity contribution is 7.99. The van der Waals surface area contributed by atoms with Gasteiger partial charge < -0.3 is 10.1 Å². The number of aliphatic hydroxyl groups is 1. The summed E-state index contributed by atoms with van der Waals surface area (Å²) in [7, 11) is 0. The summed E-state index contributed by atoms with van der Waals surface area (Å²) in [6.45, 7) is 0. The molecule has 0 amide bonds. The van der Waals surface area contributed by atoms with Gasteiger partial charge in [-0.3, -0.25) is 0 Å². The summed E-state index contributed by atoms with van der Waals surface area (Å²) in [4.78, 5) is 7.82. The number of benzene rings is 1. The highest BCUT2D eigenvalue weighted by Crippen LogP contribution is 2.33. The van der Waals surface area contributed by atoms with Crippen molar-refractivity contribution in [2.45, 2.75) is 42.9 Å². The van der Waals surface area contributed by atoms with Crippen molar-refractivity contribution in [1.82, 2.24) is 9.97 Å². The van der Waals surface area contributed by atoms with Crippen molar-refractivity contribution in [2.75, 3.05) is 5.75 Å². The number of nitrogens with one attached hydrogen (secondary N) is 1. The van der Waals surface area contributed by atoms with Gasteiger partial charge in [0.2, 0.25) is 0 Å². The van der Waals surface area contributed by atoms with Gasteiger partial charge in [0.1, 0.15) is 0 Å². The van der Waals surface area contributed by atoms with E-state index in [9.17, 15) is 5.11 Å². The fourth-order valence-electron chi connectivity index (χ4n) is 2.55. The first-order valence-corrected chi connectivity index (χ1v) is 7.54. The van der Waals surface area contributed by atoms with Gasteiger partial charge in [0.15, 0.2) is 5.16 Å². The zero-order valence-electron chi connectivity index (χ0n) is 10.4. The monoisotopic (exact) mass is 262 g/mol. The molecule has 2 aromatic rings. The second-order valence-electron chi connectivity index (χ2n) is 5.13. The van der Waals surface area contributed by atoms with Gasteiger partial charge in [0, 0.05) is 5.75 Å². The minimum atomic E-state index is -0.484. The largest absolute Gasteiger partial charge is 0.389 e. The molecule has 1 saturated carbocycles. The lowest BCUT2D eigenvalue weighted by atomic mass is 9.86. The molecule has 1 aromatic carbocycles. The smallest absolute Gasteiger partial charge is 0.166 e. The maximum atomic E-state index is 10.4. The summed E-state index contributed by atoms with van der Waals surface area (Å²) in [5, 5.41) is 11.4. The predicted octanol–water partition coefficient (Wildman–Crippen LogP) is 3.35. The van der Waals surface area contributed by atoms with Crippen LogP contribution >= 0.6 is 11.8 Å². The number of para-hydroxylation sites is 2. The molecule has 1 aromatic heterocycles. The second kappa shape index (κ2) is 4.94. The van der Waals surface area contributed by atoms with E-state index < -0.39 is 5.60 Å². The van der Waals surface area contributed by atoms with Crippen LogP contribution in [0.5, 0.6) is 0 Å². The van der Waals surface area contributed by atoms with Gasteiger partial charge in [-0.2, -0.15) is 0 Å². The quantitative estimate of drug-likeness (QED) is 0.834. The Labute approximate surface area is 111 Å². The van der Waals surface area contributed by atoms with E-state index in [1.807, 2.05) is 24.3 Å². The van der Waals surface area contributed by atoms with E-state index in [-0.39, 0.29) is 0 Å². The van der Waals surface area contributed by atoms with Gasteiger partial charge in [-0.1, -0.05) is 43.2 Å². The topological polar surface area (TPSA) is 48.9 Å². The van der Waals surface area contributed by atoms with Crippen LogP contribution in [-0.4, -0.2) is 26.4 Å². The maximum Gasteiger partial charge on any atom is 0.166 e. The number of aromatic amines is 1. The molecule has 0 bridgehead atoms. The molecule has 0 radical (unpaired) electrons. The Morgan fingerprint density at radius 1 is 1.22 bits per heavy atom. The van der Waals surface area contributed by atoms with Crippen LogP contribution in [0, 0.1) is 0 Å². The molecule has 1 fully saturated rings. The SMILES string of the molecule is OC1(CSc2nc3ccccc3[nH]2)CCCCC1. The number of imidazole rings is 1. The van der Waals surface area contributed by atoms with E-state index in [2.05, 4.69) is 9.97 Å².